The third kappa shape index (κ3) is 2.77. The Morgan fingerprint density at radius 3 is 2.45 bits per heavy atom. The summed E-state index contributed by atoms with van der Waals surface area (Å²) < 4.78 is 50.8. The maximum atomic E-state index is 13.1. The van der Waals surface area contributed by atoms with E-state index < -0.39 is 29.0 Å². The van der Waals surface area contributed by atoms with Gasteiger partial charge in [-0.2, -0.15) is 13.2 Å². The molecule has 1 amide bonds. The molecule has 3 nitrogen and oxygen atoms in total. The molecule has 0 saturated heterocycles. The van der Waals surface area contributed by atoms with Gasteiger partial charge in [-0.25, -0.2) is 4.39 Å². The minimum atomic E-state index is -4.86. The highest BCUT2D eigenvalue weighted by molar-refractivity contribution is 5.95. The Morgan fingerprint density at radius 1 is 1.35 bits per heavy atom. The van der Waals surface area contributed by atoms with Crippen molar-refractivity contribution in [2.45, 2.75) is 31.0 Å². The van der Waals surface area contributed by atoms with E-state index in [-0.39, 0.29) is 12.2 Å². The Labute approximate surface area is 112 Å². The standard InChI is InChI=1S/C13H13F4NO2/c14-10-3-2-8(6-9(10)13(15,16)17)11(20)18-12(7-19)4-1-5-12/h2-3,6,19H,1,4-5,7H2,(H,18,20). The molecule has 2 rings (SSSR count). The lowest BCUT2D eigenvalue weighted by Gasteiger charge is -2.40. The summed E-state index contributed by atoms with van der Waals surface area (Å²) >= 11 is 0. The number of benzene rings is 1. The highest BCUT2D eigenvalue weighted by Gasteiger charge is 2.39. The van der Waals surface area contributed by atoms with Crippen molar-refractivity contribution in [2.75, 3.05) is 6.61 Å². The second kappa shape index (κ2) is 5.05. The van der Waals surface area contributed by atoms with E-state index in [9.17, 15) is 27.5 Å². The molecule has 0 aliphatic heterocycles. The number of aliphatic hydroxyl groups is 1. The molecule has 7 heteroatoms. The van der Waals surface area contributed by atoms with Gasteiger partial charge in [0.25, 0.3) is 5.91 Å². The number of aliphatic hydroxyl groups excluding tert-OH is 1. The lowest BCUT2D eigenvalue weighted by atomic mass is 9.77. The zero-order valence-corrected chi connectivity index (χ0v) is 10.4. The summed E-state index contributed by atoms with van der Waals surface area (Å²) in [5.41, 5.74) is -2.51. The minimum Gasteiger partial charge on any atom is -0.394 e. The highest BCUT2D eigenvalue weighted by atomic mass is 19.4. The van der Waals surface area contributed by atoms with Crippen molar-refractivity contribution >= 4 is 5.91 Å². The number of alkyl halides is 3. The number of carbonyl (C=O) groups is 1. The van der Waals surface area contributed by atoms with Gasteiger partial charge in [0.2, 0.25) is 0 Å². The van der Waals surface area contributed by atoms with E-state index in [1.54, 1.807) is 0 Å². The molecular formula is C13H13F4NO2. The number of hydrogen-bond donors (Lipinski definition) is 2. The molecule has 1 aromatic rings. The van der Waals surface area contributed by atoms with E-state index >= 15 is 0 Å². The Morgan fingerprint density at radius 2 is 2.00 bits per heavy atom. The molecule has 0 unspecified atom stereocenters. The third-order valence-electron chi connectivity index (χ3n) is 3.53. The molecule has 0 spiro atoms. The van der Waals surface area contributed by atoms with Crippen LogP contribution in [0.25, 0.3) is 0 Å². The van der Waals surface area contributed by atoms with Crippen molar-refractivity contribution < 1.29 is 27.5 Å². The highest BCUT2D eigenvalue weighted by Crippen LogP contribution is 2.33. The summed E-state index contributed by atoms with van der Waals surface area (Å²) in [7, 11) is 0. The van der Waals surface area contributed by atoms with E-state index in [2.05, 4.69) is 5.32 Å². The van der Waals surface area contributed by atoms with Crippen LogP contribution in [-0.4, -0.2) is 23.2 Å². The van der Waals surface area contributed by atoms with Crippen molar-refractivity contribution in [1.82, 2.24) is 5.32 Å². The van der Waals surface area contributed by atoms with Crippen molar-refractivity contribution in [3.63, 3.8) is 0 Å². The average molecular weight is 291 g/mol. The number of nitrogens with one attached hydrogen (secondary N) is 1. The van der Waals surface area contributed by atoms with E-state index in [0.717, 1.165) is 12.5 Å². The smallest absolute Gasteiger partial charge is 0.394 e. The molecule has 1 fully saturated rings. The average Bonchev–Trinajstić information content (AvgIpc) is 2.32. The molecule has 0 atom stereocenters. The Bertz CT molecular complexity index is 518. The minimum absolute atomic E-state index is 0.272. The maximum Gasteiger partial charge on any atom is 0.419 e. The summed E-state index contributed by atoms with van der Waals surface area (Å²) in [4.78, 5) is 11.9. The number of rotatable bonds is 3. The first-order valence-corrected chi connectivity index (χ1v) is 6.07. The summed E-state index contributed by atoms with van der Waals surface area (Å²) in [6, 6.07) is 2.09. The van der Waals surface area contributed by atoms with E-state index in [0.29, 0.717) is 25.0 Å². The van der Waals surface area contributed by atoms with Gasteiger partial charge in [-0.15, -0.1) is 0 Å². The van der Waals surface area contributed by atoms with Crippen LogP contribution in [0.4, 0.5) is 17.6 Å². The molecule has 110 valence electrons. The zero-order chi connectivity index (χ0) is 15.0. The van der Waals surface area contributed by atoms with Crippen LogP contribution < -0.4 is 5.32 Å². The predicted octanol–water partition coefficient (Wildman–Crippen LogP) is 2.49. The maximum absolute atomic E-state index is 13.1. The monoisotopic (exact) mass is 291 g/mol. The van der Waals surface area contributed by atoms with Gasteiger partial charge in [0.15, 0.2) is 0 Å². The molecule has 0 radical (unpaired) electrons. The molecule has 0 aromatic heterocycles. The quantitative estimate of drug-likeness (QED) is 0.841. The topological polar surface area (TPSA) is 49.3 Å². The summed E-state index contributed by atoms with van der Waals surface area (Å²) in [6.45, 7) is -0.272. The fourth-order valence-corrected chi connectivity index (χ4v) is 2.12. The van der Waals surface area contributed by atoms with E-state index in [1.165, 1.54) is 0 Å². The van der Waals surface area contributed by atoms with Crippen LogP contribution >= 0.6 is 0 Å². The fourth-order valence-electron chi connectivity index (χ4n) is 2.12. The Hall–Kier alpha value is -1.63. The van der Waals surface area contributed by atoms with Gasteiger partial charge >= 0.3 is 6.18 Å². The lowest BCUT2D eigenvalue weighted by molar-refractivity contribution is -0.140. The first-order valence-electron chi connectivity index (χ1n) is 6.07. The van der Waals surface area contributed by atoms with Crippen LogP contribution in [0.2, 0.25) is 0 Å². The van der Waals surface area contributed by atoms with Gasteiger partial charge in [-0.05, 0) is 37.5 Å². The van der Waals surface area contributed by atoms with Crippen LogP contribution in [0.3, 0.4) is 0 Å². The Kier molecular flexibility index (Phi) is 3.73. The molecule has 1 aliphatic carbocycles. The zero-order valence-electron chi connectivity index (χ0n) is 10.4. The summed E-state index contributed by atoms with van der Waals surface area (Å²) in [5, 5.41) is 11.7. The first kappa shape index (κ1) is 14.8. The van der Waals surface area contributed by atoms with Gasteiger partial charge < -0.3 is 10.4 Å². The fraction of sp³-hybridized carbons (Fsp3) is 0.462. The van der Waals surface area contributed by atoms with Gasteiger partial charge in [0.05, 0.1) is 17.7 Å². The van der Waals surface area contributed by atoms with Crippen LogP contribution in [0, 0.1) is 5.82 Å². The third-order valence-corrected chi connectivity index (χ3v) is 3.53. The largest absolute Gasteiger partial charge is 0.419 e. The number of carbonyl (C=O) groups excluding carboxylic acids is 1. The molecule has 1 aromatic carbocycles. The Balaban J connectivity index is 2.23. The molecule has 2 N–H and O–H groups in total. The number of hydrogen-bond acceptors (Lipinski definition) is 2. The van der Waals surface area contributed by atoms with Crippen molar-refractivity contribution in [3.05, 3.63) is 35.1 Å². The van der Waals surface area contributed by atoms with Crippen LogP contribution in [0.15, 0.2) is 18.2 Å². The summed E-state index contributed by atoms with van der Waals surface area (Å²) in [5.74, 6) is -2.17. The molecule has 20 heavy (non-hydrogen) atoms. The van der Waals surface area contributed by atoms with Gasteiger partial charge in [0.1, 0.15) is 5.82 Å². The van der Waals surface area contributed by atoms with Crippen molar-refractivity contribution in [1.29, 1.82) is 0 Å². The second-order valence-electron chi connectivity index (χ2n) is 4.94. The second-order valence-corrected chi connectivity index (χ2v) is 4.94. The molecule has 0 heterocycles. The van der Waals surface area contributed by atoms with Crippen LogP contribution in [0.5, 0.6) is 0 Å². The van der Waals surface area contributed by atoms with Gasteiger partial charge in [-0.1, -0.05) is 0 Å². The van der Waals surface area contributed by atoms with Crippen molar-refractivity contribution in [3.8, 4) is 0 Å². The molecule has 1 saturated carbocycles. The normalized spacial score (nSPS) is 17.4. The van der Waals surface area contributed by atoms with Gasteiger partial charge in [-0.3, -0.25) is 4.79 Å². The molecule has 0 bridgehead atoms. The van der Waals surface area contributed by atoms with Crippen molar-refractivity contribution in [2.24, 2.45) is 0 Å². The lowest BCUT2D eigenvalue weighted by Crippen LogP contribution is -2.56. The summed E-state index contributed by atoms with van der Waals surface area (Å²) in [6.07, 6.45) is -2.88. The SMILES string of the molecule is O=C(NC1(CO)CCC1)c1ccc(F)c(C(F)(F)F)c1. The van der Waals surface area contributed by atoms with E-state index in [1.807, 2.05) is 0 Å². The number of amides is 1. The van der Waals surface area contributed by atoms with Crippen LogP contribution in [0.1, 0.15) is 35.2 Å². The molecule has 1 aliphatic rings. The van der Waals surface area contributed by atoms with Gasteiger partial charge in [0, 0.05) is 5.56 Å². The number of halogens is 4. The molecular weight excluding hydrogens is 278 g/mol. The van der Waals surface area contributed by atoms with E-state index in [4.69, 9.17) is 0 Å². The first-order chi connectivity index (χ1) is 9.27. The predicted molar refractivity (Wildman–Crippen MR) is 62.5 cm³/mol. The van der Waals surface area contributed by atoms with Crippen LogP contribution in [-0.2, 0) is 6.18 Å².